The van der Waals surface area contributed by atoms with Crippen LogP contribution in [-0.2, 0) is 6.61 Å². The van der Waals surface area contributed by atoms with Crippen molar-refractivity contribution >= 4 is 28.5 Å². The van der Waals surface area contributed by atoms with Gasteiger partial charge in [0, 0.05) is 24.8 Å². The molecule has 0 atom stereocenters. The minimum absolute atomic E-state index is 0.256. The van der Waals surface area contributed by atoms with Crippen molar-refractivity contribution in [2.45, 2.75) is 25.5 Å². The van der Waals surface area contributed by atoms with Crippen molar-refractivity contribution in [1.29, 1.82) is 0 Å². The van der Waals surface area contributed by atoms with Gasteiger partial charge in [0.25, 0.3) is 0 Å². The molecule has 32 heavy (non-hydrogen) atoms. The highest BCUT2D eigenvalue weighted by Crippen LogP contribution is 2.25. The van der Waals surface area contributed by atoms with Crippen LogP contribution in [0.1, 0.15) is 18.4 Å². The van der Waals surface area contributed by atoms with E-state index in [1.54, 1.807) is 6.20 Å². The van der Waals surface area contributed by atoms with Gasteiger partial charge in [-0.25, -0.2) is 19.9 Å². The van der Waals surface area contributed by atoms with Crippen LogP contribution < -0.4 is 20.7 Å². The molecule has 1 aliphatic heterocycles. The molecule has 2 aromatic heterocycles. The van der Waals surface area contributed by atoms with Crippen LogP contribution in [0.25, 0.3) is 11.0 Å². The van der Waals surface area contributed by atoms with E-state index in [2.05, 4.69) is 25.2 Å². The molecule has 5 rings (SSSR count). The number of benzene rings is 2. The molecule has 0 unspecified atom stereocenters. The quantitative estimate of drug-likeness (QED) is 0.481. The third-order valence-electron chi connectivity index (χ3n) is 5.55. The highest BCUT2D eigenvalue weighted by molar-refractivity contribution is 5.87. The summed E-state index contributed by atoms with van der Waals surface area (Å²) in [4.78, 5) is 20.2. The lowest BCUT2D eigenvalue weighted by molar-refractivity contribution is 0.306. The molecule has 0 bridgehead atoms. The van der Waals surface area contributed by atoms with E-state index in [4.69, 9.17) is 15.5 Å². The van der Waals surface area contributed by atoms with Crippen LogP contribution in [0.15, 0.2) is 67.1 Å². The fourth-order valence-corrected chi connectivity index (χ4v) is 3.70. The van der Waals surface area contributed by atoms with Gasteiger partial charge in [-0.3, -0.25) is 0 Å². The highest BCUT2D eigenvalue weighted by Gasteiger charge is 2.19. The molecule has 1 saturated heterocycles. The summed E-state index contributed by atoms with van der Waals surface area (Å²) in [5.41, 5.74) is 9.44. The summed E-state index contributed by atoms with van der Waals surface area (Å²) in [5, 5.41) is 3.35. The van der Waals surface area contributed by atoms with Gasteiger partial charge in [0.2, 0.25) is 5.95 Å². The molecule has 2 aromatic carbocycles. The Morgan fingerprint density at radius 2 is 1.75 bits per heavy atom. The minimum atomic E-state index is 0.256. The van der Waals surface area contributed by atoms with Gasteiger partial charge in [0.15, 0.2) is 5.82 Å². The third-order valence-corrected chi connectivity index (χ3v) is 5.55. The van der Waals surface area contributed by atoms with E-state index in [1.165, 1.54) is 6.33 Å². The fourth-order valence-electron chi connectivity index (χ4n) is 3.70. The summed E-state index contributed by atoms with van der Waals surface area (Å²) in [6.07, 6.45) is 5.15. The molecule has 0 saturated carbocycles. The first kappa shape index (κ1) is 20.1. The van der Waals surface area contributed by atoms with E-state index in [0.29, 0.717) is 29.4 Å². The Kier molecular flexibility index (Phi) is 5.76. The molecule has 1 fully saturated rings. The molecule has 8 heteroatoms. The first-order chi connectivity index (χ1) is 15.7. The van der Waals surface area contributed by atoms with Crippen LogP contribution in [0.2, 0.25) is 0 Å². The normalized spacial score (nSPS) is 14.5. The third kappa shape index (κ3) is 4.60. The average molecular weight is 428 g/mol. The van der Waals surface area contributed by atoms with E-state index in [-0.39, 0.29) is 6.04 Å². The van der Waals surface area contributed by atoms with Gasteiger partial charge in [-0.15, -0.1) is 0 Å². The van der Waals surface area contributed by atoms with Gasteiger partial charge in [-0.2, -0.15) is 0 Å². The summed E-state index contributed by atoms with van der Waals surface area (Å²) in [5.74, 6) is 2.14. The summed E-state index contributed by atoms with van der Waals surface area (Å²) < 4.78 is 5.87. The molecule has 8 nitrogen and oxygen atoms in total. The Labute approximate surface area is 186 Å². The van der Waals surface area contributed by atoms with Crippen molar-refractivity contribution < 1.29 is 4.74 Å². The van der Waals surface area contributed by atoms with Crippen molar-refractivity contribution in [3.05, 3.63) is 72.7 Å². The van der Waals surface area contributed by atoms with Gasteiger partial charge < -0.3 is 20.7 Å². The van der Waals surface area contributed by atoms with Crippen LogP contribution in [0.5, 0.6) is 5.75 Å². The van der Waals surface area contributed by atoms with Crippen molar-refractivity contribution in [1.82, 2.24) is 19.9 Å². The molecule has 4 aromatic rings. The fraction of sp³-hybridized carbons (Fsp3) is 0.250. The Hall–Kier alpha value is -3.78. The summed E-state index contributed by atoms with van der Waals surface area (Å²) in [6, 6.07) is 18.2. The molecular formula is C24H25N7O. The second kappa shape index (κ2) is 9.15. The standard InChI is InChI=1S/C24H25N7O/c25-18-10-12-31(13-11-18)24-26-14-21-22(30-24)23(28-16-27-21)29-19-6-8-20(9-7-19)32-15-17-4-2-1-3-5-17/h1-9,14,16,18H,10-13,15,25H2,(H,27,28,29). The topological polar surface area (TPSA) is 102 Å². The molecule has 3 heterocycles. The first-order valence-corrected chi connectivity index (χ1v) is 10.8. The summed E-state index contributed by atoms with van der Waals surface area (Å²) >= 11 is 0. The molecular weight excluding hydrogens is 402 g/mol. The van der Waals surface area contributed by atoms with E-state index in [0.717, 1.165) is 42.9 Å². The lowest BCUT2D eigenvalue weighted by atomic mass is 10.1. The van der Waals surface area contributed by atoms with E-state index >= 15 is 0 Å². The number of rotatable bonds is 6. The van der Waals surface area contributed by atoms with Gasteiger partial charge in [-0.05, 0) is 42.7 Å². The maximum atomic E-state index is 6.03. The Morgan fingerprint density at radius 3 is 2.53 bits per heavy atom. The first-order valence-electron chi connectivity index (χ1n) is 10.8. The van der Waals surface area contributed by atoms with Gasteiger partial charge in [0.05, 0.1) is 6.20 Å². The molecule has 0 aliphatic carbocycles. The van der Waals surface area contributed by atoms with E-state index in [1.807, 2.05) is 54.6 Å². The van der Waals surface area contributed by atoms with Gasteiger partial charge in [0.1, 0.15) is 29.7 Å². The van der Waals surface area contributed by atoms with E-state index in [9.17, 15) is 0 Å². The zero-order valence-electron chi connectivity index (χ0n) is 17.7. The number of anilines is 3. The Balaban J connectivity index is 1.31. The van der Waals surface area contributed by atoms with Crippen molar-refractivity contribution in [3.63, 3.8) is 0 Å². The van der Waals surface area contributed by atoms with Crippen molar-refractivity contribution in [2.24, 2.45) is 5.73 Å². The van der Waals surface area contributed by atoms with Crippen LogP contribution in [0.3, 0.4) is 0 Å². The smallest absolute Gasteiger partial charge is 0.226 e. The number of nitrogens with zero attached hydrogens (tertiary/aromatic N) is 5. The zero-order valence-corrected chi connectivity index (χ0v) is 17.7. The second-order valence-electron chi connectivity index (χ2n) is 7.87. The SMILES string of the molecule is NC1CCN(c2ncc3ncnc(Nc4ccc(OCc5ccccc5)cc4)c3n2)CC1. The minimum Gasteiger partial charge on any atom is -0.489 e. The maximum Gasteiger partial charge on any atom is 0.226 e. The molecule has 0 amide bonds. The van der Waals surface area contributed by atoms with E-state index < -0.39 is 0 Å². The largest absolute Gasteiger partial charge is 0.489 e. The Bertz CT molecular complexity index is 1180. The van der Waals surface area contributed by atoms with Crippen LogP contribution >= 0.6 is 0 Å². The molecule has 162 valence electrons. The number of ether oxygens (including phenoxy) is 1. The number of nitrogens with two attached hydrogens (primary N) is 1. The van der Waals surface area contributed by atoms with Crippen LogP contribution in [0, 0.1) is 0 Å². The molecule has 3 N–H and O–H groups in total. The van der Waals surface area contributed by atoms with Crippen LogP contribution in [0.4, 0.5) is 17.5 Å². The number of nitrogens with one attached hydrogen (secondary N) is 1. The summed E-state index contributed by atoms with van der Waals surface area (Å²) in [7, 11) is 0. The molecule has 0 radical (unpaired) electrons. The summed E-state index contributed by atoms with van der Waals surface area (Å²) in [6.45, 7) is 2.24. The monoisotopic (exact) mass is 427 g/mol. The lowest BCUT2D eigenvalue weighted by Gasteiger charge is -2.30. The van der Waals surface area contributed by atoms with Crippen molar-refractivity contribution in [3.8, 4) is 5.75 Å². The predicted octanol–water partition coefficient (Wildman–Crippen LogP) is 3.67. The molecule has 1 aliphatic rings. The van der Waals surface area contributed by atoms with Gasteiger partial charge in [-0.1, -0.05) is 30.3 Å². The highest BCUT2D eigenvalue weighted by atomic mass is 16.5. The number of hydrogen-bond donors (Lipinski definition) is 2. The van der Waals surface area contributed by atoms with Crippen LogP contribution in [-0.4, -0.2) is 39.1 Å². The number of fused-ring (bicyclic) bond motifs is 1. The number of piperidine rings is 1. The lowest BCUT2D eigenvalue weighted by Crippen LogP contribution is -2.40. The number of hydrogen-bond acceptors (Lipinski definition) is 8. The molecule has 0 spiro atoms. The van der Waals surface area contributed by atoms with Gasteiger partial charge >= 0.3 is 0 Å². The number of aromatic nitrogens is 4. The average Bonchev–Trinajstić information content (AvgIpc) is 2.85. The van der Waals surface area contributed by atoms with Crippen molar-refractivity contribution in [2.75, 3.05) is 23.3 Å². The predicted molar refractivity (Wildman–Crippen MR) is 125 cm³/mol. The zero-order chi connectivity index (χ0) is 21.8. The maximum absolute atomic E-state index is 6.03. The second-order valence-corrected chi connectivity index (χ2v) is 7.87. The Morgan fingerprint density at radius 1 is 0.969 bits per heavy atom.